The highest BCUT2D eigenvalue weighted by molar-refractivity contribution is 5.98. The number of aromatic nitrogens is 3. The molecule has 2 aromatic carbocycles. The van der Waals surface area contributed by atoms with E-state index >= 15 is 0 Å². The fraction of sp³-hybridized carbons (Fsp3) is 0. The van der Waals surface area contributed by atoms with Crippen molar-refractivity contribution in [2.24, 2.45) is 5.10 Å². The van der Waals surface area contributed by atoms with Crippen LogP contribution in [0.5, 0.6) is 0 Å². The normalized spacial score (nSPS) is 11.1. The number of carbonyl (C=O) groups excluding carboxylic acids is 1. The Balaban J connectivity index is 1.54. The molecule has 4 aromatic rings. The molecule has 0 bridgehead atoms. The molecule has 0 aliphatic carbocycles. The molecular formula is C20H15N5O. The second-order valence-corrected chi connectivity index (χ2v) is 5.65. The van der Waals surface area contributed by atoms with Gasteiger partial charge in [0.05, 0.1) is 17.6 Å². The maximum absolute atomic E-state index is 12.2. The predicted octanol–water partition coefficient (Wildman–Crippen LogP) is 3.39. The van der Waals surface area contributed by atoms with Crippen molar-refractivity contribution in [3.63, 3.8) is 0 Å². The van der Waals surface area contributed by atoms with E-state index in [-0.39, 0.29) is 5.91 Å². The van der Waals surface area contributed by atoms with Crippen LogP contribution in [0, 0.1) is 0 Å². The summed E-state index contributed by atoms with van der Waals surface area (Å²) in [6.07, 6.45) is 3.15. The Bertz CT molecular complexity index is 1080. The quantitative estimate of drug-likeness (QED) is 0.441. The van der Waals surface area contributed by atoms with Crippen LogP contribution in [0.4, 0.5) is 0 Å². The lowest BCUT2D eigenvalue weighted by atomic mass is 10.0. The average molecular weight is 341 g/mol. The molecule has 2 N–H and O–H groups in total. The molecule has 0 atom stereocenters. The molecule has 0 radical (unpaired) electrons. The minimum absolute atomic E-state index is 0.339. The van der Waals surface area contributed by atoms with Gasteiger partial charge in [-0.3, -0.25) is 14.9 Å². The van der Waals surface area contributed by atoms with Gasteiger partial charge in [0, 0.05) is 11.8 Å². The molecule has 1 amide bonds. The molecule has 0 saturated heterocycles. The van der Waals surface area contributed by atoms with Gasteiger partial charge in [0.25, 0.3) is 5.91 Å². The molecule has 0 spiro atoms. The minimum Gasteiger partial charge on any atom is -0.272 e. The summed E-state index contributed by atoms with van der Waals surface area (Å²) in [6.45, 7) is 0. The third kappa shape index (κ3) is 3.21. The van der Waals surface area contributed by atoms with Crippen molar-refractivity contribution in [3.05, 3.63) is 84.3 Å². The number of fused-ring (bicyclic) bond motifs is 1. The second-order valence-electron chi connectivity index (χ2n) is 5.65. The molecule has 0 aliphatic rings. The van der Waals surface area contributed by atoms with Crippen LogP contribution in [-0.2, 0) is 0 Å². The van der Waals surface area contributed by atoms with E-state index < -0.39 is 0 Å². The number of hydrazone groups is 1. The molecule has 4 rings (SSSR count). The SMILES string of the molecule is O=C(N/N=C\c1ccccn1)c1cc(-c2cccc3ccccc23)n[nH]1. The predicted molar refractivity (Wildman–Crippen MR) is 101 cm³/mol. The zero-order valence-corrected chi connectivity index (χ0v) is 13.8. The Hall–Kier alpha value is -3.80. The number of hydrogen-bond donors (Lipinski definition) is 2. The lowest BCUT2D eigenvalue weighted by Crippen LogP contribution is -2.18. The fourth-order valence-corrected chi connectivity index (χ4v) is 2.69. The first kappa shape index (κ1) is 15.7. The number of aromatic amines is 1. The summed E-state index contributed by atoms with van der Waals surface area (Å²) >= 11 is 0. The van der Waals surface area contributed by atoms with Gasteiger partial charge in [0.1, 0.15) is 5.69 Å². The monoisotopic (exact) mass is 341 g/mol. The number of nitrogens with one attached hydrogen (secondary N) is 2. The summed E-state index contributed by atoms with van der Waals surface area (Å²) in [7, 11) is 0. The summed E-state index contributed by atoms with van der Waals surface area (Å²) in [5.74, 6) is -0.365. The Labute approximate surface area is 149 Å². The van der Waals surface area contributed by atoms with Crippen molar-refractivity contribution in [3.8, 4) is 11.3 Å². The average Bonchev–Trinajstić information content (AvgIpc) is 3.18. The summed E-state index contributed by atoms with van der Waals surface area (Å²) in [5.41, 5.74) is 5.15. The highest BCUT2D eigenvalue weighted by Crippen LogP contribution is 2.27. The van der Waals surface area contributed by atoms with E-state index in [0.29, 0.717) is 17.1 Å². The zero-order valence-electron chi connectivity index (χ0n) is 13.8. The molecule has 6 heteroatoms. The summed E-state index contributed by atoms with van der Waals surface area (Å²) < 4.78 is 0. The lowest BCUT2D eigenvalue weighted by molar-refractivity contribution is 0.0950. The zero-order chi connectivity index (χ0) is 17.8. The third-order valence-corrected chi connectivity index (χ3v) is 3.94. The van der Waals surface area contributed by atoms with Crippen molar-refractivity contribution >= 4 is 22.9 Å². The molecular weight excluding hydrogens is 326 g/mol. The Morgan fingerprint density at radius 3 is 2.77 bits per heavy atom. The number of H-pyrrole nitrogens is 1. The van der Waals surface area contributed by atoms with Gasteiger partial charge in [0.15, 0.2) is 0 Å². The van der Waals surface area contributed by atoms with E-state index in [1.807, 2.05) is 54.6 Å². The van der Waals surface area contributed by atoms with Gasteiger partial charge in [-0.25, -0.2) is 5.43 Å². The third-order valence-electron chi connectivity index (χ3n) is 3.94. The molecule has 0 fully saturated rings. The first-order valence-corrected chi connectivity index (χ1v) is 8.09. The van der Waals surface area contributed by atoms with Crippen molar-refractivity contribution in [2.45, 2.75) is 0 Å². The van der Waals surface area contributed by atoms with Crippen molar-refractivity contribution in [1.29, 1.82) is 0 Å². The summed E-state index contributed by atoms with van der Waals surface area (Å²) in [4.78, 5) is 16.3. The Kier molecular flexibility index (Phi) is 4.22. The van der Waals surface area contributed by atoms with Gasteiger partial charge in [-0.15, -0.1) is 0 Å². The lowest BCUT2D eigenvalue weighted by Gasteiger charge is -2.02. The second kappa shape index (κ2) is 6.98. The molecule has 26 heavy (non-hydrogen) atoms. The summed E-state index contributed by atoms with van der Waals surface area (Å²) in [6, 6.07) is 21.2. The van der Waals surface area contributed by atoms with Crippen LogP contribution < -0.4 is 5.43 Å². The van der Waals surface area contributed by atoms with Crippen LogP contribution in [-0.4, -0.2) is 27.3 Å². The maximum atomic E-state index is 12.2. The van der Waals surface area contributed by atoms with Gasteiger partial charge < -0.3 is 0 Å². The van der Waals surface area contributed by atoms with Crippen LogP contribution in [0.3, 0.4) is 0 Å². The van der Waals surface area contributed by atoms with Crippen molar-refractivity contribution < 1.29 is 4.79 Å². The van der Waals surface area contributed by atoms with E-state index in [0.717, 1.165) is 16.3 Å². The first-order chi connectivity index (χ1) is 12.8. The van der Waals surface area contributed by atoms with Crippen LogP contribution in [0.25, 0.3) is 22.0 Å². The molecule has 0 unspecified atom stereocenters. The number of pyridine rings is 1. The van der Waals surface area contributed by atoms with Gasteiger partial charge >= 0.3 is 0 Å². The van der Waals surface area contributed by atoms with Crippen LogP contribution in [0.2, 0.25) is 0 Å². The van der Waals surface area contributed by atoms with Gasteiger partial charge in [-0.05, 0) is 29.0 Å². The van der Waals surface area contributed by atoms with Crippen LogP contribution in [0.15, 0.2) is 78.0 Å². The Morgan fingerprint density at radius 2 is 1.88 bits per heavy atom. The molecule has 2 heterocycles. The number of benzene rings is 2. The summed E-state index contributed by atoms with van der Waals surface area (Å²) in [5, 5.41) is 13.2. The van der Waals surface area contributed by atoms with Gasteiger partial charge in [-0.1, -0.05) is 48.5 Å². The molecule has 126 valence electrons. The fourth-order valence-electron chi connectivity index (χ4n) is 2.69. The van der Waals surface area contributed by atoms with E-state index in [1.54, 1.807) is 18.3 Å². The van der Waals surface area contributed by atoms with E-state index in [9.17, 15) is 4.79 Å². The smallest absolute Gasteiger partial charge is 0.272 e. The first-order valence-electron chi connectivity index (χ1n) is 8.09. The highest BCUT2D eigenvalue weighted by Gasteiger charge is 2.12. The number of rotatable bonds is 4. The van der Waals surface area contributed by atoms with Crippen LogP contribution >= 0.6 is 0 Å². The van der Waals surface area contributed by atoms with Crippen molar-refractivity contribution in [1.82, 2.24) is 20.6 Å². The van der Waals surface area contributed by atoms with E-state index in [2.05, 4.69) is 25.7 Å². The van der Waals surface area contributed by atoms with Crippen molar-refractivity contribution in [2.75, 3.05) is 0 Å². The maximum Gasteiger partial charge on any atom is 0.289 e. The molecule has 0 aliphatic heterocycles. The highest BCUT2D eigenvalue weighted by atomic mass is 16.2. The van der Waals surface area contributed by atoms with E-state index in [1.165, 1.54) is 6.21 Å². The molecule has 2 aromatic heterocycles. The van der Waals surface area contributed by atoms with Gasteiger partial charge in [0.2, 0.25) is 0 Å². The molecule has 6 nitrogen and oxygen atoms in total. The largest absolute Gasteiger partial charge is 0.289 e. The van der Waals surface area contributed by atoms with E-state index in [4.69, 9.17) is 0 Å². The van der Waals surface area contributed by atoms with Gasteiger partial charge in [-0.2, -0.15) is 10.2 Å². The van der Waals surface area contributed by atoms with Crippen LogP contribution in [0.1, 0.15) is 16.2 Å². The number of nitrogens with zero attached hydrogens (tertiary/aromatic N) is 3. The topological polar surface area (TPSA) is 83.0 Å². The number of hydrogen-bond acceptors (Lipinski definition) is 4. The number of amides is 1. The minimum atomic E-state index is -0.365. The Morgan fingerprint density at radius 1 is 1.04 bits per heavy atom. The number of carbonyl (C=O) groups is 1. The molecule has 0 saturated carbocycles. The standard InChI is InChI=1S/C20H15N5O/c26-20(25-22-13-15-8-3-4-11-21-15)19-12-18(23-24-19)17-10-5-7-14-6-1-2-9-16(14)17/h1-13H,(H,23,24)(H,25,26)/b22-13-.